The van der Waals surface area contributed by atoms with E-state index in [4.69, 9.17) is 4.98 Å². The summed E-state index contributed by atoms with van der Waals surface area (Å²) in [7, 11) is 0. The molecule has 3 heterocycles. The molecule has 0 spiro atoms. The fourth-order valence-corrected chi connectivity index (χ4v) is 3.16. The Bertz CT molecular complexity index is 595. The third-order valence-electron chi connectivity index (χ3n) is 3.58. The Balaban J connectivity index is 1.56. The molecular formula is C15H23N5S. The molecule has 0 radical (unpaired) electrons. The van der Waals surface area contributed by atoms with Gasteiger partial charge >= 0.3 is 0 Å². The summed E-state index contributed by atoms with van der Waals surface area (Å²) in [5.41, 5.74) is 1.31. The van der Waals surface area contributed by atoms with Gasteiger partial charge in [0.05, 0.1) is 12.2 Å². The molecule has 2 aromatic heterocycles. The Morgan fingerprint density at radius 1 is 1.33 bits per heavy atom. The Morgan fingerprint density at radius 2 is 2.19 bits per heavy atom. The first-order valence-corrected chi connectivity index (χ1v) is 8.28. The molecule has 21 heavy (non-hydrogen) atoms. The van der Waals surface area contributed by atoms with E-state index in [0.717, 1.165) is 38.5 Å². The molecule has 0 unspecified atom stereocenters. The lowest BCUT2D eigenvalue weighted by atomic mass is 10.1. The minimum Gasteiger partial charge on any atom is -0.333 e. The zero-order valence-corrected chi connectivity index (χ0v) is 13.8. The summed E-state index contributed by atoms with van der Waals surface area (Å²) in [5, 5.41) is 6.83. The van der Waals surface area contributed by atoms with Crippen LogP contribution in [-0.2, 0) is 26.2 Å². The molecule has 5 nitrogen and oxygen atoms in total. The lowest BCUT2D eigenvalue weighted by molar-refractivity contribution is 0.207. The monoisotopic (exact) mass is 305 g/mol. The largest absolute Gasteiger partial charge is 0.333 e. The minimum atomic E-state index is 0.135. The van der Waals surface area contributed by atoms with Crippen LogP contribution in [0.2, 0.25) is 0 Å². The molecule has 0 saturated carbocycles. The van der Waals surface area contributed by atoms with Gasteiger partial charge in [0.2, 0.25) is 0 Å². The van der Waals surface area contributed by atoms with Crippen molar-refractivity contribution in [1.29, 1.82) is 0 Å². The molecule has 0 aromatic carbocycles. The zero-order valence-electron chi connectivity index (χ0n) is 13.0. The van der Waals surface area contributed by atoms with Crippen molar-refractivity contribution in [2.45, 2.75) is 52.5 Å². The van der Waals surface area contributed by atoms with Gasteiger partial charge in [0.15, 0.2) is 0 Å². The van der Waals surface area contributed by atoms with Crippen molar-refractivity contribution in [1.82, 2.24) is 24.8 Å². The third-order valence-corrected chi connectivity index (χ3v) is 4.48. The highest BCUT2D eigenvalue weighted by Crippen LogP contribution is 2.16. The molecule has 3 rings (SSSR count). The van der Waals surface area contributed by atoms with Crippen LogP contribution in [0, 0.1) is 0 Å². The van der Waals surface area contributed by atoms with E-state index in [1.165, 1.54) is 10.7 Å². The standard InChI is InChI=1S/C15H23N5S/c1-15(2,3)17-8-14-18-12(11-21-14)9-19-6-7-20-5-4-16-13(20)10-19/h4-5,11,17H,6-10H2,1-3H3. The van der Waals surface area contributed by atoms with Crippen LogP contribution in [0.4, 0.5) is 0 Å². The second-order valence-corrected chi connectivity index (χ2v) is 7.53. The van der Waals surface area contributed by atoms with Crippen LogP contribution in [0.25, 0.3) is 0 Å². The van der Waals surface area contributed by atoms with Crippen LogP contribution in [0.3, 0.4) is 0 Å². The predicted molar refractivity (Wildman–Crippen MR) is 85.0 cm³/mol. The molecule has 0 fully saturated rings. The average Bonchev–Trinajstić information content (AvgIpc) is 3.04. The highest BCUT2D eigenvalue weighted by atomic mass is 32.1. The molecule has 1 aliphatic rings. The normalized spacial score (nSPS) is 16.1. The molecule has 2 aromatic rings. The maximum absolute atomic E-state index is 4.74. The van der Waals surface area contributed by atoms with E-state index in [9.17, 15) is 0 Å². The van der Waals surface area contributed by atoms with Crippen molar-refractivity contribution in [3.05, 3.63) is 34.3 Å². The number of nitrogens with one attached hydrogen (secondary N) is 1. The van der Waals surface area contributed by atoms with Crippen molar-refractivity contribution in [3.8, 4) is 0 Å². The van der Waals surface area contributed by atoms with Gasteiger partial charge in [-0.05, 0) is 20.8 Å². The predicted octanol–water partition coefficient (Wildman–Crippen LogP) is 2.24. The van der Waals surface area contributed by atoms with Gasteiger partial charge in [-0.25, -0.2) is 9.97 Å². The van der Waals surface area contributed by atoms with E-state index < -0.39 is 0 Å². The summed E-state index contributed by atoms with van der Waals surface area (Å²) >= 11 is 1.74. The van der Waals surface area contributed by atoms with Crippen molar-refractivity contribution in [2.24, 2.45) is 0 Å². The van der Waals surface area contributed by atoms with Gasteiger partial charge in [-0.2, -0.15) is 0 Å². The molecule has 6 heteroatoms. The molecule has 0 bridgehead atoms. The second kappa shape index (κ2) is 5.87. The van der Waals surface area contributed by atoms with E-state index in [0.29, 0.717) is 0 Å². The third kappa shape index (κ3) is 3.90. The summed E-state index contributed by atoms with van der Waals surface area (Å²) in [5.74, 6) is 1.16. The van der Waals surface area contributed by atoms with Crippen LogP contribution in [0.1, 0.15) is 37.3 Å². The maximum Gasteiger partial charge on any atom is 0.122 e. The second-order valence-electron chi connectivity index (χ2n) is 6.58. The van der Waals surface area contributed by atoms with E-state index in [2.05, 4.69) is 52.1 Å². The summed E-state index contributed by atoms with van der Waals surface area (Å²) in [4.78, 5) is 11.6. The van der Waals surface area contributed by atoms with Gasteiger partial charge in [-0.15, -0.1) is 11.3 Å². The number of hydrogen-bond acceptors (Lipinski definition) is 5. The van der Waals surface area contributed by atoms with Crippen LogP contribution in [-0.4, -0.2) is 31.5 Å². The fourth-order valence-electron chi connectivity index (χ4n) is 2.43. The van der Waals surface area contributed by atoms with E-state index in [-0.39, 0.29) is 5.54 Å². The number of aromatic nitrogens is 3. The molecule has 1 aliphatic heterocycles. The van der Waals surface area contributed by atoms with Gasteiger partial charge < -0.3 is 9.88 Å². The van der Waals surface area contributed by atoms with Gasteiger partial charge in [0.1, 0.15) is 10.8 Å². The molecule has 0 atom stereocenters. The fraction of sp³-hybridized carbons (Fsp3) is 0.600. The lowest BCUT2D eigenvalue weighted by Gasteiger charge is -2.26. The highest BCUT2D eigenvalue weighted by molar-refractivity contribution is 7.09. The number of rotatable bonds is 4. The Labute approximate surface area is 130 Å². The van der Waals surface area contributed by atoms with Crippen molar-refractivity contribution in [3.63, 3.8) is 0 Å². The first kappa shape index (κ1) is 14.7. The number of thiazole rings is 1. The number of fused-ring (bicyclic) bond motifs is 1. The van der Waals surface area contributed by atoms with Crippen LogP contribution in [0.5, 0.6) is 0 Å². The summed E-state index contributed by atoms with van der Waals surface area (Å²) in [6.45, 7) is 11.3. The average molecular weight is 305 g/mol. The lowest BCUT2D eigenvalue weighted by Crippen LogP contribution is -2.35. The van der Waals surface area contributed by atoms with Crippen molar-refractivity contribution in [2.75, 3.05) is 6.54 Å². The van der Waals surface area contributed by atoms with Crippen LogP contribution < -0.4 is 5.32 Å². The van der Waals surface area contributed by atoms with Crippen molar-refractivity contribution < 1.29 is 0 Å². The first-order chi connectivity index (χ1) is 9.99. The number of imidazole rings is 1. The summed E-state index contributed by atoms with van der Waals surface area (Å²) in [6.07, 6.45) is 3.95. The topological polar surface area (TPSA) is 46.0 Å². The van der Waals surface area contributed by atoms with Gasteiger partial charge in [0, 0.05) is 49.5 Å². The van der Waals surface area contributed by atoms with E-state index >= 15 is 0 Å². The molecule has 114 valence electrons. The van der Waals surface area contributed by atoms with Crippen LogP contribution in [0.15, 0.2) is 17.8 Å². The summed E-state index contributed by atoms with van der Waals surface area (Å²) in [6, 6.07) is 0. The molecule has 0 amide bonds. The zero-order chi connectivity index (χ0) is 14.9. The number of nitrogens with zero attached hydrogens (tertiary/aromatic N) is 4. The van der Waals surface area contributed by atoms with Crippen molar-refractivity contribution >= 4 is 11.3 Å². The highest BCUT2D eigenvalue weighted by Gasteiger charge is 2.18. The molecule has 1 N–H and O–H groups in total. The molecular weight excluding hydrogens is 282 g/mol. The molecule has 0 saturated heterocycles. The van der Waals surface area contributed by atoms with E-state index in [1.807, 2.05) is 6.20 Å². The first-order valence-electron chi connectivity index (χ1n) is 7.40. The minimum absolute atomic E-state index is 0.135. The quantitative estimate of drug-likeness (QED) is 0.941. The Kier molecular flexibility index (Phi) is 4.10. The van der Waals surface area contributed by atoms with Crippen LogP contribution >= 0.6 is 11.3 Å². The van der Waals surface area contributed by atoms with Gasteiger partial charge in [-0.3, -0.25) is 4.90 Å². The Hall–Kier alpha value is -1.24. The number of hydrogen-bond donors (Lipinski definition) is 1. The van der Waals surface area contributed by atoms with E-state index in [1.54, 1.807) is 11.3 Å². The Morgan fingerprint density at radius 3 is 3.00 bits per heavy atom. The summed E-state index contributed by atoms with van der Waals surface area (Å²) < 4.78 is 2.23. The smallest absolute Gasteiger partial charge is 0.122 e. The molecule has 0 aliphatic carbocycles. The van der Waals surface area contributed by atoms with Gasteiger partial charge in [0.25, 0.3) is 0 Å². The SMILES string of the molecule is CC(C)(C)NCc1nc(CN2CCn3ccnc3C2)cs1. The maximum atomic E-state index is 4.74. The van der Waals surface area contributed by atoms with Gasteiger partial charge in [-0.1, -0.05) is 0 Å².